The smallest absolute Gasteiger partial charge is 0.260 e. The van der Waals surface area contributed by atoms with Crippen LogP contribution < -0.4 is 16.2 Å². The highest BCUT2D eigenvalue weighted by Gasteiger charge is 2.48. The van der Waals surface area contributed by atoms with E-state index in [1.165, 1.54) is 24.2 Å². The molecule has 1 aromatic carbocycles. The van der Waals surface area contributed by atoms with Gasteiger partial charge in [-0.3, -0.25) is 14.5 Å². The molecule has 1 fully saturated rings. The lowest BCUT2D eigenvalue weighted by atomic mass is 9.79. The molecule has 0 radical (unpaired) electrons. The Morgan fingerprint density at radius 3 is 2.69 bits per heavy atom. The number of aliphatic imine (C=N–C) groups is 1. The van der Waals surface area contributed by atoms with E-state index in [2.05, 4.69) is 4.99 Å². The predicted molar refractivity (Wildman–Crippen MR) is 98.8 cm³/mol. The van der Waals surface area contributed by atoms with Gasteiger partial charge in [-0.05, 0) is 30.5 Å². The third-order valence-corrected chi connectivity index (χ3v) is 5.32. The van der Waals surface area contributed by atoms with Gasteiger partial charge in [-0.25, -0.2) is 4.99 Å². The Balaban J connectivity index is 1.79. The van der Waals surface area contributed by atoms with Crippen LogP contribution >= 0.6 is 0 Å². The van der Waals surface area contributed by atoms with E-state index in [4.69, 9.17) is 16.2 Å². The van der Waals surface area contributed by atoms with Gasteiger partial charge in [0.25, 0.3) is 5.91 Å². The first-order valence-corrected chi connectivity index (χ1v) is 9.07. The number of ether oxygens (including phenoxy) is 1. The lowest BCUT2D eigenvalue weighted by molar-refractivity contribution is -0.132. The fourth-order valence-electron chi connectivity index (χ4n) is 3.85. The zero-order valence-electron chi connectivity index (χ0n) is 15.1. The summed E-state index contributed by atoms with van der Waals surface area (Å²) in [5, 5.41) is 0. The van der Waals surface area contributed by atoms with E-state index in [1.54, 1.807) is 31.3 Å². The Morgan fingerprint density at radius 1 is 1.35 bits per heavy atom. The van der Waals surface area contributed by atoms with Crippen molar-refractivity contribution in [3.63, 3.8) is 0 Å². The number of benzene rings is 1. The molecule has 26 heavy (non-hydrogen) atoms. The number of hydrogen-bond acceptors (Lipinski definition) is 5. The van der Waals surface area contributed by atoms with Gasteiger partial charge in [0.2, 0.25) is 5.91 Å². The normalized spacial score (nSPS) is 23.8. The van der Waals surface area contributed by atoms with Crippen molar-refractivity contribution >= 4 is 17.8 Å². The van der Waals surface area contributed by atoms with E-state index < -0.39 is 11.4 Å². The first-order valence-electron chi connectivity index (χ1n) is 9.07. The van der Waals surface area contributed by atoms with Gasteiger partial charge in [-0.1, -0.05) is 38.2 Å². The third kappa shape index (κ3) is 3.66. The highest BCUT2D eigenvalue weighted by atomic mass is 16.5. The van der Waals surface area contributed by atoms with Crippen LogP contribution in [0.5, 0.6) is 5.75 Å². The van der Waals surface area contributed by atoms with E-state index >= 15 is 0 Å². The minimum Gasteiger partial charge on any atom is -0.490 e. The molecule has 7 nitrogen and oxygen atoms in total. The topological polar surface area (TPSA) is 111 Å². The highest BCUT2D eigenvalue weighted by Crippen LogP contribution is 2.36. The summed E-state index contributed by atoms with van der Waals surface area (Å²) in [5.41, 5.74) is 10.6. The van der Waals surface area contributed by atoms with E-state index in [0.29, 0.717) is 23.7 Å². The van der Waals surface area contributed by atoms with Crippen LogP contribution in [0.3, 0.4) is 0 Å². The summed E-state index contributed by atoms with van der Waals surface area (Å²) in [5.74, 6) is 0.495. The van der Waals surface area contributed by atoms with Gasteiger partial charge in [0.1, 0.15) is 12.4 Å². The Morgan fingerprint density at radius 2 is 2.08 bits per heavy atom. The minimum absolute atomic E-state index is 0.0928. The number of carbonyl (C=O) groups is 2. The number of primary amides is 1. The molecule has 1 atom stereocenters. The van der Waals surface area contributed by atoms with E-state index in [1.807, 2.05) is 0 Å². The van der Waals surface area contributed by atoms with E-state index in [0.717, 1.165) is 12.8 Å². The monoisotopic (exact) mass is 358 g/mol. The van der Waals surface area contributed by atoms with Crippen molar-refractivity contribution in [3.8, 4) is 5.75 Å². The predicted octanol–water partition coefficient (Wildman–Crippen LogP) is 1.66. The van der Waals surface area contributed by atoms with Crippen molar-refractivity contribution in [2.45, 2.75) is 44.1 Å². The van der Waals surface area contributed by atoms with Crippen LogP contribution in [0, 0.1) is 5.92 Å². The molecule has 0 saturated heterocycles. The lowest BCUT2D eigenvalue weighted by Crippen LogP contribution is -2.47. The second-order valence-electron chi connectivity index (χ2n) is 7.25. The van der Waals surface area contributed by atoms with E-state index in [9.17, 15) is 9.59 Å². The molecule has 140 valence electrons. The van der Waals surface area contributed by atoms with Crippen LogP contribution in [0.15, 0.2) is 29.3 Å². The molecule has 0 spiro atoms. The zero-order valence-corrected chi connectivity index (χ0v) is 15.1. The Hall–Kier alpha value is -2.57. The molecular weight excluding hydrogens is 332 g/mol. The number of nitrogens with two attached hydrogens (primary N) is 2. The van der Waals surface area contributed by atoms with Gasteiger partial charge in [0, 0.05) is 12.6 Å². The number of rotatable bonds is 6. The molecular formula is C19H26N4O3. The van der Waals surface area contributed by atoms with E-state index in [-0.39, 0.29) is 18.5 Å². The maximum Gasteiger partial charge on any atom is 0.260 e. The zero-order chi connectivity index (χ0) is 18.7. The second-order valence-corrected chi connectivity index (χ2v) is 7.25. The average molecular weight is 358 g/mol. The van der Waals surface area contributed by atoms with Crippen molar-refractivity contribution in [2.24, 2.45) is 22.4 Å². The third-order valence-electron chi connectivity index (χ3n) is 5.32. The SMILES string of the molecule is CN1C(=O)C(COc2cccc(C(N)=O)c2)(CC2CCCCC2)N=C1N. The molecule has 1 aliphatic heterocycles. The quantitative estimate of drug-likeness (QED) is 0.805. The average Bonchev–Trinajstić information content (AvgIpc) is 2.85. The molecule has 7 heteroatoms. The number of carbonyl (C=O) groups excluding carboxylic acids is 2. The summed E-state index contributed by atoms with van der Waals surface area (Å²) in [4.78, 5) is 30.1. The van der Waals surface area contributed by atoms with Crippen LogP contribution in [-0.4, -0.2) is 41.9 Å². The molecule has 3 rings (SSSR count). The summed E-state index contributed by atoms with van der Waals surface area (Å²) < 4.78 is 5.87. The number of nitrogens with zero attached hydrogens (tertiary/aromatic N) is 2. The summed E-state index contributed by atoms with van der Waals surface area (Å²) in [7, 11) is 1.64. The van der Waals surface area contributed by atoms with Gasteiger partial charge < -0.3 is 16.2 Å². The van der Waals surface area contributed by atoms with Gasteiger partial charge in [-0.2, -0.15) is 0 Å². The summed E-state index contributed by atoms with van der Waals surface area (Å²) in [6.45, 7) is 0.0928. The molecule has 0 aromatic heterocycles. The minimum atomic E-state index is -0.996. The molecule has 4 N–H and O–H groups in total. The Kier molecular flexibility index (Phi) is 5.15. The second kappa shape index (κ2) is 7.35. The standard InChI is InChI=1S/C19H26N4O3/c1-23-17(25)19(22-18(23)21,11-13-6-3-2-4-7-13)12-26-15-9-5-8-14(10-15)16(20)24/h5,8-10,13H,2-4,6-7,11-12H2,1H3,(H2,20,24)(H2,21,22). The summed E-state index contributed by atoms with van der Waals surface area (Å²) in [6, 6.07) is 6.63. The number of hydrogen-bond donors (Lipinski definition) is 2. The number of amides is 2. The molecule has 1 unspecified atom stereocenters. The maximum atomic E-state index is 12.9. The van der Waals surface area contributed by atoms with Crippen LogP contribution in [0.25, 0.3) is 0 Å². The van der Waals surface area contributed by atoms with Crippen molar-refractivity contribution in [3.05, 3.63) is 29.8 Å². The number of guanidine groups is 1. The van der Waals surface area contributed by atoms with Gasteiger partial charge in [0.05, 0.1) is 0 Å². The largest absolute Gasteiger partial charge is 0.490 e. The first-order chi connectivity index (χ1) is 12.4. The van der Waals surface area contributed by atoms with Gasteiger partial charge in [0.15, 0.2) is 11.5 Å². The van der Waals surface area contributed by atoms with Crippen LogP contribution in [0.1, 0.15) is 48.9 Å². The van der Waals surface area contributed by atoms with Crippen LogP contribution in [0.2, 0.25) is 0 Å². The van der Waals surface area contributed by atoms with Crippen molar-refractivity contribution in [1.82, 2.24) is 4.90 Å². The Labute approximate surface area is 153 Å². The van der Waals surface area contributed by atoms with Crippen LogP contribution in [0.4, 0.5) is 0 Å². The first kappa shape index (κ1) is 18.2. The summed E-state index contributed by atoms with van der Waals surface area (Å²) >= 11 is 0. The molecule has 2 amide bonds. The van der Waals surface area contributed by atoms with Gasteiger partial charge >= 0.3 is 0 Å². The number of likely N-dealkylation sites (N-methyl/N-ethyl adjacent to an activating group) is 1. The molecule has 1 saturated carbocycles. The fourth-order valence-corrected chi connectivity index (χ4v) is 3.85. The van der Waals surface area contributed by atoms with Gasteiger partial charge in [-0.15, -0.1) is 0 Å². The molecule has 1 aliphatic carbocycles. The summed E-state index contributed by atoms with van der Waals surface area (Å²) in [6.07, 6.45) is 6.46. The Bertz CT molecular complexity index is 727. The molecule has 0 bridgehead atoms. The van der Waals surface area contributed by atoms with Crippen LogP contribution in [-0.2, 0) is 4.79 Å². The maximum absolute atomic E-state index is 12.9. The van der Waals surface area contributed by atoms with Crippen molar-refractivity contribution in [1.29, 1.82) is 0 Å². The molecule has 1 heterocycles. The lowest BCUT2D eigenvalue weighted by Gasteiger charge is -2.31. The van der Waals surface area contributed by atoms with Crippen molar-refractivity contribution in [2.75, 3.05) is 13.7 Å². The highest BCUT2D eigenvalue weighted by molar-refractivity contribution is 6.06. The fraction of sp³-hybridized carbons (Fsp3) is 0.526. The molecule has 2 aliphatic rings. The molecule has 1 aromatic rings. The van der Waals surface area contributed by atoms with Crippen molar-refractivity contribution < 1.29 is 14.3 Å².